The lowest BCUT2D eigenvalue weighted by molar-refractivity contribution is -0.140. The molecular weight excluding hydrogens is 294 g/mol. The molecule has 0 aromatic heterocycles. The Bertz CT molecular complexity index is 652. The molecule has 5 heteroatoms. The number of phenols is 1. The highest BCUT2D eigenvalue weighted by Crippen LogP contribution is 2.18. The zero-order valence-corrected chi connectivity index (χ0v) is 12.6. The van der Waals surface area contributed by atoms with Gasteiger partial charge in [-0.2, -0.15) is 0 Å². The Morgan fingerprint density at radius 2 is 1.65 bits per heavy atom. The molecule has 0 fully saturated rings. The largest absolute Gasteiger partial charge is 0.508 e. The lowest BCUT2D eigenvalue weighted by Crippen LogP contribution is -2.25. The molecule has 0 radical (unpaired) electrons. The van der Waals surface area contributed by atoms with Crippen molar-refractivity contribution >= 4 is 17.6 Å². The Morgan fingerprint density at radius 1 is 1.00 bits per heavy atom. The normalized spacial score (nSPS) is 11.7. The number of carboxylic acid groups (broad SMARTS) is 1. The number of carbonyl (C=O) groups excluding carboxylic acids is 1. The monoisotopic (exact) mass is 313 g/mol. The van der Waals surface area contributed by atoms with E-state index in [4.69, 9.17) is 5.11 Å². The van der Waals surface area contributed by atoms with Crippen molar-refractivity contribution in [3.63, 3.8) is 0 Å². The van der Waals surface area contributed by atoms with E-state index >= 15 is 0 Å². The molecule has 0 aliphatic heterocycles. The van der Waals surface area contributed by atoms with E-state index in [0.29, 0.717) is 18.5 Å². The summed E-state index contributed by atoms with van der Waals surface area (Å²) in [4.78, 5) is 23.3. The number of anilines is 1. The second-order valence-electron chi connectivity index (χ2n) is 5.36. The predicted octanol–water partition coefficient (Wildman–Crippen LogP) is 3.05. The lowest BCUT2D eigenvalue weighted by Gasteiger charge is -2.15. The molecule has 1 amide bonds. The van der Waals surface area contributed by atoms with Crippen LogP contribution in [-0.2, 0) is 16.0 Å². The van der Waals surface area contributed by atoms with Crippen LogP contribution in [-0.4, -0.2) is 22.1 Å². The molecule has 0 aliphatic rings. The Labute approximate surface area is 134 Å². The standard InChI is InChI=1S/C18H19NO4/c20-16-10-8-15(9-11-16)19-18(23)14(12-17(21)22)7-6-13-4-2-1-3-5-13/h1-5,8-11,14,20H,6-7,12H2,(H,19,23)(H,21,22). The third-order valence-corrected chi connectivity index (χ3v) is 3.55. The van der Waals surface area contributed by atoms with Gasteiger partial charge in [0.2, 0.25) is 5.91 Å². The molecule has 2 rings (SSSR count). The summed E-state index contributed by atoms with van der Waals surface area (Å²) in [5.41, 5.74) is 1.60. The molecule has 2 aromatic rings. The first-order chi connectivity index (χ1) is 11.0. The molecule has 0 heterocycles. The summed E-state index contributed by atoms with van der Waals surface area (Å²) < 4.78 is 0. The van der Waals surface area contributed by atoms with Crippen molar-refractivity contribution in [1.29, 1.82) is 0 Å². The van der Waals surface area contributed by atoms with Gasteiger partial charge in [-0.05, 0) is 42.7 Å². The fourth-order valence-corrected chi connectivity index (χ4v) is 2.31. The molecule has 3 N–H and O–H groups in total. The van der Waals surface area contributed by atoms with Crippen LogP contribution in [0.4, 0.5) is 5.69 Å². The molecule has 0 saturated heterocycles. The Kier molecular flexibility index (Phi) is 5.74. The van der Waals surface area contributed by atoms with Gasteiger partial charge in [-0.1, -0.05) is 30.3 Å². The van der Waals surface area contributed by atoms with Crippen LogP contribution < -0.4 is 5.32 Å². The Hall–Kier alpha value is -2.82. The first-order valence-electron chi connectivity index (χ1n) is 7.40. The molecule has 120 valence electrons. The van der Waals surface area contributed by atoms with E-state index < -0.39 is 11.9 Å². The average Bonchev–Trinajstić information content (AvgIpc) is 2.54. The number of carboxylic acids is 1. The highest BCUT2D eigenvalue weighted by atomic mass is 16.4. The maximum absolute atomic E-state index is 12.3. The van der Waals surface area contributed by atoms with Gasteiger partial charge in [0.25, 0.3) is 0 Å². The highest BCUT2D eigenvalue weighted by molar-refractivity contribution is 5.94. The van der Waals surface area contributed by atoms with Crippen LogP contribution in [0.25, 0.3) is 0 Å². The third-order valence-electron chi connectivity index (χ3n) is 3.55. The van der Waals surface area contributed by atoms with E-state index in [1.54, 1.807) is 12.1 Å². The number of amides is 1. The summed E-state index contributed by atoms with van der Waals surface area (Å²) >= 11 is 0. The highest BCUT2D eigenvalue weighted by Gasteiger charge is 2.21. The zero-order chi connectivity index (χ0) is 16.7. The number of hydrogen-bond acceptors (Lipinski definition) is 3. The first-order valence-corrected chi connectivity index (χ1v) is 7.40. The molecule has 0 saturated carbocycles. The van der Waals surface area contributed by atoms with Gasteiger partial charge >= 0.3 is 5.97 Å². The van der Waals surface area contributed by atoms with Crippen LogP contribution in [0.3, 0.4) is 0 Å². The van der Waals surface area contributed by atoms with Crippen LogP contribution in [0.2, 0.25) is 0 Å². The number of phenolic OH excluding ortho intramolecular Hbond substituents is 1. The lowest BCUT2D eigenvalue weighted by atomic mass is 9.95. The summed E-state index contributed by atoms with van der Waals surface area (Å²) in [6.07, 6.45) is 0.888. The van der Waals surface area contributed by atoms with Gasteiger partial charge in [0.15, 0.2) is 0 Å². The number of rotatable bonds is 7. The van der Waals surface area contributed by atoms with Gasteiger partial charge in [-0.25, -0.2) is 0 Å². The smallest absolute Gasteiger partial charge is 0.304 e. The molecule has 0 spiro atoms. The van der Waals surface area contributed by atoms with Gasteiger partial charge in [0, 0.05) is 11.6 Å². The van der Waals surface area contributed by atoms with Crippen molar-refractivity contribution in [3.05, 3.63) is 60.2 Å². The van der Waals surface area contributed by atoms with E-state index in [1.165, 1.54) is 12.1 Å². The second kappa shape index (κ2) is 7.98. The number of hydrogen-bond donors (Lipinski definition) is 3. The van der Waals surface area contributed by atoms with Crippen molar-refractivity contribution < 1.29 is 19.8 Å². The minimum absolute atomic E-state index is 0.106. The van der Waals surface area contributed by atoms with Crippen LogP contribution in [0.15, 0.2) is 54.6 Å². The summed E-state index contributed by atoms with van der Waals surface area (Å²) in [5, 5.41) is 21.0. The molecule has 0 bridgehead atoms. The molecule has 2 aromatic carbocycles. The van der Waals surface area contributed by atoms with Crippen LogP contribution in [0.5, 0.6) is 5.75 Å². The minimum Gasteiger partial charge on any atom is -0.508 e. The molecule has 5 nitrogen and oxygen atoms in total. The SMILES string of the molecule is O=C(O)CC(CCc1ccccc1)C(=O)Nc1ccc(O)cc1. The summed E-state index contributed by atoms with van der Waals surface area (Å²) in [6.45, 7) is 0. The van der Waals surface area contributed by atoms with E-state index in [2.05, 4.69) is 5.32 Å². The minimum atomic E-state index is -0.996. The van der Waals surface area contributed by atoms with Crippen LogP contribution in [0, 0.1) is 5.92 Å². The third kappa shape index (κ3) is 5.47. The molecular formula is C18H19NO4. The van der Waals surface area contributed by atoms with Gasteiger partial charge in [0.05, 0.1) is 6.42 Å². The van der Waals surface area contributed by atoms with Gasteiger partial charge in [0.1, 0.15) is 5.75 Å². The number of aliphatic carboxylic acids is 1. The predicted molar refractivity (Wildman–Crippen MR) is 87.2 cm³/mol. The summed E-state index contributed by atoms with van der Waals surface area (Å²) in [7, 11) is 0. The maximum Gasteiger partial charge on any atom is 0.304 e. The number of nitrogens with one attached hydrogen (secondary N) is 1. The van der Waals surface area contributed by atoms with E-state index in [1.807, 2.05) is 30.3 Å². The summed E-state index contributed by atoms with van der Waals surface area (Å²) in [5.74, 6) is -1.83. The molecule has 0 aliphatic carbocycles. The number of aromatic hydroxyl groups is 1. The van der Waals surface area contributed by atoms with E-state index in [9.17, 15) is 14.7 Å². The van der Waals surface area contributed by atoms with Crippen molar-refractivity contribution in [1.82, 2.24) is 0 Å². The number of aryl methyl sites for hydroxylation is 1. The molecule has 1 unspecified atom stereocenters. The van der Waals surface area contributed by atoms with Crippen molar-refractivity contribution in [2.75, 3.05) is 5.32 Å². The van der Waals surface area contributed by atoms with Gasteiger partial charge < -0.3 is 15.5 Å². The topological polar surface area (TPSA) is 86.6 Å². The molecule has 23 heavy (non-hydrogen) atoms. The maximum atomic E-state index is 12.3. The average molecular weight is 313 g/mol. The number of carbonyl (C=O) groups is 2. The fraction of sp³-hybridized carbons (Fsp3) is 0.222. The zero-order valence-electron chi connectivity index (χ0n) is 12.6. The quantitative estimate of drug-likeness (QED) is 0.686. The first kappa shape index (κ1) is 16.5. The van der Waals surface area contributed by atoms with E-state index in [-0.39, 0.29) is 18.1 Å². The van der Waals surface area contributed by atoms with Crippen molar-refractivity contribution in [2.24, 2.45) is 5.92 Å². The van der Waals surface area contributed by atoms with Gasteiger partial charge in [-0.15, -0.1) is 0 Å². The number of benzene rings is 2. The van der Waals surface area contributed by atoms with Gasteiger partial charge in [-0.3, -0.25) is 9.59 Å². The van der Waals surface area contributed by atoms with Crippen LogP contribution in [0.1, 0.15) is 18.4 Å². The fourth-order valence-electron chi connectivity index (χ4n) is 2.31. The van der Waals surface area contributed by atoms with Crippen molar-refractivity contribution in [2.45, 2.75) is 19.3 Å². The summed E-state index contributed by atoms with van der Waals surface area (Å²) in [6, 6.07) is 15.7. The molecule has 1 atom stereocenters. The van der Waals surface area contributed by atoms with Crippen molar-refractivity contribution in [3.8, 4) is 5.75 Å². The van der Waals surface area contributed by atoms with E-state index in [0.717, 1.165) is 5.56 Å². The van der Waals surface area contributed by atoms with Crippen LogP contribution >= 0.6 is 0 Å². The Balaban J connectivity index is 2.00. The Morgan fingerprint density at radius 3 is 2.26 bits per heavy atom. The second-order valence-corrected chi connectivity index (χ2v) is 5.36.